The quantitative estimate of drug-likeness (QED) is 0.746. The molecule has 1 heterocycles. The summed E-state index contributed by atoms with van der Waals surface area (Å²) in [5.74, 6) is 1.05. The average molecular weight is 317 g/mol. The van der Waals surface area contributed by atoms with Crippen molar-refractivity contribution in [3.05, 3.63) is 52.9 Å². The van der Waals surface area contributed by atoms with Crippen LogP contribution < -0.4 is 20.8 Å². The molecule has 0 aliphatic heterocycles. The van der Waals surface area contributed by atoms with Gasteiger partial charge in [-0.05, 0) is 38.4 Å². The second-order valence-corrected chi connectivity index (χ2v) is 5.44. The Labute approximate surface area is 136 Å². The molecule has 23 heavy (non-hydrogen) atoms. The lowest BCUT2D eigenvalue weighted by Gasteiger charge is -2.12. The van der Waals surface area contributed by atoms with Crippen molar-refractivity contribution in [3.8, 4) is 11.5 Å². The van der Waals surface area contributed by atoms with E-state index in [0.717, 1.165) is 6.54 Å². The molecule has 0 unspecified atom stereocenters. The first-order valence-electron chi connectivity index (χ1n) is 7.51. The summed E-state index contributed by atoms with van der Waals surface area (Å²) in [6, 6.07) is 10.7. The lowest BCUT2D eigenvalue weighted by atomic mass is 10.3. The van der Waals surface area contributed by atoms with E-state index in [1.165, 1.54) is 0 Å². The monoisotopic (exact) mass is 317 g/mol. The summed E-state index contributed by atoms with van der Waals surface area (Å²) in [5, 5.41) is 0. The highest BCUT2D eigenvalue weighted by Crippen LogP contribution is 2.14. The van der Waals surface area contributed by atoms with Gasteiger partial charge in [0.2, 0.25) is 0 Å². The van der Waals surface area contributed by atoms with Gasteiger partial charge in [0.15, 0.2) is 5.75 Å². The summed E-state index contributed by atoms with van der Waals surface area (Å²) in [7, 11) is 3.92. The summed E-state index contributed by atoms with van der Waals surface area (Å²) in [5.41, 5.74) is 6.20. The molecular formula is C17H23N3O3. The van der Waals surface area contributed by atoms with E-state index in [9.17, 15) is 4.79 Å². The van der Waals surface area contributed by atoms with Gasteiger partial charge in [0.05, 0.1) is 6.54 Å². The number of ether oxygens (including phenoxy) is 2. The van der Waals surface area contributed by atoms with Gasteiger partial charge in [-0.2, -0.15) is 0 Å². The number of aromatic nitrogens is 1. The average Bonchev–Trinajstić information content (AvgIpc) is 2.50. The molecule has 6 nitrogen and oxygen atoms in total. The number of nitrogen functional groups attached to an aromatic ring is 1. The molecule has 124 valence electrons. The maximum atomic E-state index is 12.3. The molecule has 2 aromatic rings. The van der Waals surface area contributed by atoms with Crippen molar-refractivity contribution in [1.82, 2.24) is 9.47 Å². The Bertz CT molecular complexity index is 683. The van der Waals surface area contributed by atoms with Gasteiger partial charge in [-0.1, -0.05) is 6.07 Å². The molecule has 0 aliphatic carbocycles. The van der Waals surface area contributed by atoms with Crippen LogP contribution in [0.2, 0.25) is 0 Å². The zero-order valence-corrected chi connectivity index (χ0v) is 13.6. The molecule has 0 radical (unpaired) electrons. The summed E-state index contributed by atoms with van der Waals surface area (Å²) < 4.78 is 12.7. The van der Waals surface area contributed by atoms with Gasteiger partial charge in [-0.3, -0.25) is 4.79 Å². The third kappa shape index (κ3) is 5.34. The third-order valence-electron chi connectivity index (χ3n) is 3.24. The predicted octanol–water partition coefficient (Wildman–Crippen LogP) is 1.45. The number of hydrogen-bond donors (Lipinski definition) is 1. The van der Waals surface area contributed by atoms with E-state index < -0.39 is 0 Å². The number of nitrogens with zero attached hydrogens (tertiary/aromatic N) is 2. The lowest BCUT2D eigenvalue weighted by Crippen LogP contribution is -2.26. The van der Waals surface area contributed by atoms with E-state index in [2.05, 4.69) is 0 Å². The van der Waals surface area contributed by atoms with E-state index in [4.69, 9.17) is 15.2 Å². The van der Waals surface area contributed by atoms with E-state index >= 15 is 0 Å². The Morgan fingerprint density at radius 2 is 1.96 bits per heavy atom. The van der Waals surface area contributed by atoms with Gasteiger partial charge < -0.3 is 24.7 Å². The molecule has 0 atom stereocenters. The number of likely N-dealkylation sites (N-methyl/N-ethyl adjacent to an activating group) is 1. The number of benzene rings is 1. The summed E-state index contributed by atoms with van der Waals surface area (Å²) >= 11 is 0. The van der Waals surface area contributed by atoms with Crippen LogP contribution in [0.4, 0.5) is 5.69 Å². The van der Waals surface area contributed by atoms with Crippen molar-refractivity contribution >= 4 is 5.69 Å². The molecule has 2 N–H and O–H groups in total. The standard InChI is InChI=1S/C17H23N3O3/c1-19(2)9-11-23-16-7-4-8-20(17(16)21)10-12-22-15-6-3-5-14(18)13-15/h3-8,13H,9-12,18H2,1-2H3. The number of hydrogen-bond acceptors (Lipinski definition) is 5. The highest BCUT2D eigenvalue weighted by atomic mass is 16.5. The molecule has 6 heteroatoms. The van der Waals surface area contributed by atoms with Crippen LogP contribution in [0.15, 0.2) is 47.4 Å². The highest BCUT2D eigenvalue weighted by molar-refractivity contribution is 5.43. The fourth-order valence-corrected chi connectivity index (χ4v) is 2.01. The van der Waals surface area contributed by atoms with Gasteiger partial charge in [-0.25, -0.2) is 0 Å². The summed E-state index contributed by atoms with van der Waals surface area (Å²) in [6.45, 7) is 2.06. The minimum Gasteiger partial charge on any atom is -0.492 e. The molecule has 0 spiro atoms. The topological polar surface area (TPSA) is 69.7 Å². The van der Waals surface area contributed by atoms with Crippen LogP contribution in [0.3, 0.4) is 0 Å². The maximum absolute atomic E-state index is 12.3. The molecule has 1 aromatic carbocycles. The van der Waals surface area contributed by atoms with Crippen LogP contribution in [0, 0.1) is 0 Å². The van der Waals surface area contributed by atoms with E-state index in [-0.39, 0.29) is 5.56 Å². The van der Waals surface area contributed by atoms with Crippen molar-refractivity contribution in [2.75, 3.05) is 39.6 Å². The first-order valence-corrected chi connectivity index (χ1v) is 7.51. The second-order valence-electron chi connectivity index (χ2n) is 5.44. The van der Waals surface area contributed by atoms with Crippen molar-refractivity contribution in [3.63, 3.8) is 0 Å². The Hall–Kier alpha value is -2.47. The van der Waals surface area contributed by atoms with Crippen LogP contribution in [-0.2, 0) is 6.54 Å². The maximum Gasteiger partial charge on any atom is 0.292 e. The van der Waals surface area contributed by atoms with Crippen molar-refractivity contribution in [2.45, 2.75) is 6.54 Å². The third-order valence-corrected chi connectivity index (χ3v) is 3.24. The van der Waals surface area contributed by atoms with Gasteiger partial charge in [0.25, 0.3) is 5.56 Å². The first-order chi connectivity index (χ1) is 11.1. The lowest BCUT2D eigenvalue weighted by molar-refractivity contribution is 0.255. The SMILES string of the molecule is CN(C)CCOc1cccn(CCOc2cccc(N)c2)c1=O. The molecule has 1 aromatic heterocycles. The van der Waals surface area contributed by atoms with Gasteiger partial charge >= 0.3 is 0 Å². The largest absolute Gasteiger partial charge is 0.492 e. The summed E-state index contributed by atoms with van der Waals surface area (Å²) in [4.78, 5) is 14.3. The minimum absolute atomic E-state index is 0.151. The van der Waals surface area contributed by atoms with Crippen molar-refractivity contribution in [2.24, 2.45) is 0 Å². The Morgan fingerprint density at radius 3 is 2.70 bits per heavy atom. The van der Waals surface area contributed by atoms with E-state index in [1.807, 2.05) is 31.1 Å². The van der Waals surface area contributed by atoms with Crippen molar-refractivity contribution in [1.29, 1.82) is 0 Å². The Kier molecular flexibility index (Phi) is 6.05. The van der Waals surface area contributed by atoms with Crippen LogP contribution in [0.5, 0.6) is 11.5 Å². The van der Waals surface area contributed by atoms with Gasteiger partial charge in [0.1, 0.15) is 19.0 Å². The van der Waals surface area contributed by atoms with E-state index in [0.29, 0.717) is 36.9 Å². The number of rotatable bonds is 8. The molecule has 0 fully saturated rings. The first kappa shape index (κ1) is 16.9. The number of pyridine rings is 1. The predicted molar refractivity (Wildman–Crippen MR) is 91.1 cm³/mol. The van der Waals surface area contributed by atoms with Crippen LogP contribution in [-0.4, -0.2) is 43.3 Å². The van der Waals surface area contributed by atoms with E-state index in [1.54, 1.807) is 35.0 Å². The zero-order chi connectivity index (χ0) is 16.7. The molecule has 0 saturated heterocycles. The molecule has 0 saturated carbocycles. The van der Waals surface area contributed by atoms with Gasteiger partial charge in [0, 0.05) is 24.5 Å². The Balaban J connectivity index is 1.91. The fraction of sp³-hybridized carbons (Fsp3) is 0.353. The molecule has 0 bridgehead atoms. The number of nitrogens with two attached hydrogens (primary N) is 1. The normalized spacial score (nSPS) is 10.7. The molecule has 2 rings (SSSR count). The molecule has 0 aliphatic rings. The van der Waals surface area contributed by atoms with Gasteiger partial charge in [-0.15, -0.1) is 0 Å². The van der Waals surface area contributed by atoms with Crippen LogP contribution >= 0.6 is 0 Å². The minimum atomic E-state index is -0.151. The smallest absolute Gasteiger partial charge is 0.292 e. The Morgan fingerprint density at radius 1 is 1.13 bits per heavy atom. The second kappa shape index (κ2) is 8.24. The van der Waals surface area contributed by atoms with Crippen LogP contribution in [0.1, 0.15) is 0 Å². The highest BCUT2D eigenvalue weighted by Gasteiger charge is 2.05. The van der Waals surface area contributed by atoms with Crippen molar-refractivity contribution < 1.29 is 9.47 Å². The van der Waals surface area contributed by atoms with Crippen LogP contribution in [0.25, 0.3) is 0 Å². The molecular weight excluding hydrogens is 294 g/mol. The fourth-order valence-electron chi connectivity index (χ4n) is 2.01. The molecule has 0 amide bonds. The summed E-state index contributed by atoms with van der Waals surface area (Å²) in [6.07, 6.45) is 1.73. The zero-order valence-electron chi connectivity index (χ0n) is 13.6. The number of anilines is 1.